The van der Waals surface area contributed by atoms with E-state index in [2.05, 4.69) is 0 Å². The number of hydrogen-bond acceptors (Lipinski definition) is 3. The highest BCUT2D eigenvalue weighted by atomic mass is 19.2. The molecule has 0 unspecified atom stereocenters. The fourth-order valence-electron chi connectivity index (χ4n) is 2.74. The third-order valence-corrected chi connectivity index (χ3v) is 3.90. The second-order valence-electron chi connectivity index (χ2n) is 5.79. The lowest BCUT2D eigenvalue weighted by molar-refractivity contribution is 0.394. The first-order valence-corrected chi connectivity index (χ1v) is 7.53. The fourth-order valence-corrected chi connectivity index (χ4v) is 2.74. The molecule has 24 heavy (non-hydrogen) atoms. The second-order valence-corrected chi connectivity index (χ2v) is 5.79. The summed E-state index contributed by atoms with van der Waals surface area (Å²) in [5, 5.41) is 0.382. The molecule has 0 aliphatic carbocycles. The van der Waals surface area contributed by atoms with Gasteiger partial charge in [0.25, 0.3) is 0 Å². The second kappa shape index (κ2) is 6.07. The van der Waals surface area contributed by atoms with Crippen LogP contribution in [0, 0.1) is 11.6 Å². The molecule has 3 aromatic rings. The monoisotopic (exact) mass is 330 g/mol. The Morgan fingerprint density at radius 2 is 1.79 bits per heavy atom. The summed E-state index contributed by atoms with van der Waals surface area (Å²) in [6.45, 7) is 3.49. The third-order valence-electron chi connectivity index (χ3n) is 3.90. The molecule has 0 bridgehead atoms. The zero-order valence-electron chi connectivity index (χ0n) is 13.5. The summed E-state index contributed by atoms with van der Waals surface area (Å²) in [6, 6.07) is 9.15. The number of halogens is 2. The lowest BCUT2D eigenvalue weighted by Gasteiger charge is -2.15. The van der Waals surface area contributed by atoms with Crippen molar-refractivity contribution in [3.05, 3.63) is 63.8 Å². The van der Waals surface area contributed by atoms with Crippen LogP contribution in [0.15, 0.2) is 45.6 Å². The van der Waals surface area contributed by atoms with E-state index in [1.165, 1.54) is 13.2 Å². The summed E-state index contributed by atoms with van der Waals surface area (Å²) < 4.78 is 39.8. The van der Waals surface area contributed by atoms with Crippen molar-refractivity contribution in [1.29, 1.82) is 0 Å². The molecule has 0 N–H and O–H groups in total. The van der Waals surface area contributed by atoms with E-state index in [4.69, 9.17) is 9.15 Å². The van der Waals surface area contributed by atoms with Gasteiger partial charge in [0.1, 0.15) is 17.1 Å². The molecule has 0 fully saturated rings. The highest BCUT2D eigenvalue weighted by molar-refractivity contribution is 5.78. The van der Waals surface area contributed by atoms with Gasteiger partial charge in [-0.3, -0.25) is 4.79 Å². The van der Waals surface area contributed by atoms with Crippen LogP contribution in [0.2, 0.25) is 0 Å². The van der Waals surface area contributed by atoms with E-state index in [1.54, 1.807) is 38.1 Å². The molecule has 0 aliphatic rings. The lowest BCUT2D eigenvalue weighted by atomic mass is 9.97. The van der Waals surface area contributed by atoms with E-state index >= 15 is 0 Å². The largest absolute Gasteiger partial charge is 0.496 e. The Morgan fingerprint density at radius 1 is 1.08 bits per heavy atom. The Balaban J connectivity index is 2.31. The summed E-state index contributed by atoms with van der Waals surface area (Å²) >= 11 is 0. The van der Waals surface area contributed by atoms with Crippen molar-refractivity contribution >= 4 is 11.0 Å². The molecule has 0 spiro atoms. The Labute approximate surface area is 137 Å². The van der Waals surface area contributed by atoms with E-state index in [0.29, 0.717) is 11.0 Å². The van der Waals surface area contributed by atoms with Gasteiger partial charge in [0.05, 0.1) is 18.1 Å². The van der Waals surface area contributed by atoms with Gasteiger partial charge in [-0.15, -0.1) is 0 Å². The first kappa shape index (κ1) is 16.2. The normalized spacial score (nSPS) is 11.2. The smallest absolute Gasteiger partial charge is 0.193 e. The molecule has 0 aliphatic heterocycles. The fraction of sp³-hybridized carbons (Fsp3) is 0.211. The number of rotatable bonds is 3. The van der Waals surface area contributed by atoms with Crippen molar-refractivity contribution in [1.82, 2.24) is 0 Å². The van der Waals surface area contributed by atoms with Crippen LogP contribution in [0.5, 0.6) is 5.75 Å². The highest BCUT2D eigenvalue weighted by Crippen LogP contribution is 2.37. The van der Waals surface area contributed by atoms with E-state index in [1.807, 2.05) is 0 Å². The van der Waals surface area contributed by atoms with Crippen molar-refractivity contribution in [2.24, 2.45) is 0 Å². The van der Waals surface area contributed by atoms with Gasteiger partial charge in [0, 0.05) is 11.6 Å². The molecule has 3 rings (SSSR count). The number of hydrogen-bond donors (Lipinski definition) is 0. The van der Waals surface area contributed by atoms with Crippen LogP contribution in [-0.2, 0) is 0 Å². The van der Waals surface area contributed by atoms with Crippen LogP contribution < -0.4 is 10.2 Å². The van der Waals surface area contributed by atoms with Crippen molar-refractivity contribution in [2.45, 2.75) is 19.8 Å². The maximum atomic E-state index is 14.6. The SMILES string of the molecule is COc1cc(-c2cc(=O)c3ccccc3o2)c(F)c(F)c1C(C)C. The summed E-state index contributed by atoms with van der Waals surface area (Å²) in [6.07, 6.45) is 0. The summed E-state index contributed by atoms with van der Waals surface area (Å²) in [4.78, 5) is 12.2. The van der Waals surface area contributed by atoms with Gasteiger partial charge in [-0.1, -0.05) is 26.0 Å². The van der Waals surface area contributed by atoms with E-state index in [9.17, 15) is 13.6 Å². The van der Waals surface area contributed by atoms with Gasteiger partial charge >= 0.3 is 0 Å². The van der Waals surface area contributed by atoms with Gasteiger partial charge in [0.2, 0.25) is 0 Å². The van der Waals surface area contributed by atoms with Gasteiger partial charge < -0.3 is 9.15 Å². The van der Waals surface area contributed by atoms with Crippen LogP contribution in [-0.4, -0.2) is 7.11 Å². The number of ether oxygens (including phenoxy) is 1. The Hall–Kier alpha value is -2.69. The molecule has 0 radical (unpaired) electrons. The van der Waals surface area contributed by atoms with Gasteiger partial charge in [-0.2, -0.15) is 0 Å². The van der Waals surface area contributed by atoms with Crippen LogP contribution in [0.4, 0.5) is 8.78 Å². The molecule has 1 aromatic heterocycles. The van der Waals surface area contributed by atoms with Crippen LogP contribution in [0.25, 0.3) is 22.3 Å². The van der Waals surface area contributed by atoms with E-state index in [0.717, 1.165) is 6.07 Å². The topological polar surface area (TPSA) is 39.4 Å². The number of methoxy groups -OCH3 is 1. The first-order valence-electron chi connectivity index (χ1n) is 7.53. The van der Waals surface area contributed by atoms with Gasteiger partial charge in [-0.05, 0) is 24.1 Å². The standard InChI is InChI=1S/C19H16F2O3/c1-10(2)17-16(23-3)8-12(18(20)19(17)21)15-9-13(22)11-6-4-5-7-14(11)24-15/h4-10H,1-3H3. The molecule has 2 aromatic carbocycles. The third kappa shape index (κ3) is 2.56. The maximum Gasteiger partial charge on any atom is 0.193 e. The minimum absolute atomic E-state index is 0.0382. The molecular weight excluding hydrogens is 314 g/mol. The molecule has 1 heterocycles. The van der Waals surface area contributed by atoms with Crippen molar-refractivity contribution < 1.29 is 17.9 Å². The number of benzene rings is 2. The minimum Gasteiger partial charge on any atom is -0.496 e. The zero-order valence-corrected chi connectivity index (χ0v) is 13.5. The average Bonchev–Trinajstić information content (AvgIpc) is 2.56. The number of para-hydroxylation sites is 1. The first-order chi connectivity index (χ1) is 11.4. The van der Waals surface area contributed by atoms with Crippen molar-refractivity contribution in [2.75, 3.05) is 7.11 Å². The molecule has 5 heteroatoms. The molecule has 124 valence electrons. The zero-order chi connectivity index (χ0) is 17.4. The average molecular weight is 330 g/mol. The maximum absolute atomic E-state index is 14.6. The van der Waals surface area contributed by atoms with Crippen LogP contribution in [0.1, 0.15) is 25.3 Å². The minimum atomic E-state index is -1.06. The van der Waals surface area contributed by atoms with Gasteiger partial charge in [-0.25, -0.2) is 8.78 Å². The molecule has 0 saturated heterocycles. The van der Waals surface area contributed by atoms with Crippen molar-refractivity contribution in [3.63, 3.8) is 0 Å². The Morgan fingerprint density at radius 3 is 2.46 bits per heavy atom. The van der Waals surface area contributed by atoms with Gasteiger partial charge in [0.15, 0.2) is 17.1 Å². The summed E-state index contributed by atoms with van der Waals surface area (Å²) in [5.41, 5.74) is 0.00348. The Kier molecular flexibility index (Phi) is 4.09. The molecular formula is C19H16F2O3. The highest BCUT2D eigenvalue weighted by Gasteiger charge is 2.23. The molecule has 0 amide bonds. The lowest BCUT2D eigenvalue weighted by Crippen LogP contribution is -2.05. The quantitative estimate of drug-likeness (QED) is 0.688. The summed E-state index contributed by atoms with van der Waals surface area (Å²) in [5.74, 6) is -2.13. The predicted octanol–water partition coefficient (Wildman–Crippen LogP) is 4.87. The van der Waals surface area contributed by atoms with E-state index in [-0.39, 0.29) is 34.0 Å². The van der Waals surface area contributed by atoms with Crippen LogP contribution >= 0.6 is 0 Å². The Bertz CT molecular complexity index is 974. The van der Waals surface area contributed by atoms with Crippen molar-refractivity contribution in [3.8, 4) is 17.1 Å². The predicted molar refractivity (Wildman–Crippen MR) is 88.5 cm³/mol. The molecule has 3 nitrogen and oxygen atoms in total. The molecule has 0 atom stereocenters. The number of fused-ring (bicyclic) bond motifs is 1. The van der Waals surface area contributed by atoms with E-state index < -0.39 is 11.6 Å². The summed E-state index contributed by atoms with van der Waals surface area (Å²) in [7, 11) is 1.39. The molecule has 0 saturated carbocycles. The van der Waals surface area contributed by atoms with Crippen LogP contribution in [0.3, 0.4) is 0 Å².